The number of rotatable bonds is 2. The van der Waals surface area contributed by atoms with Crippen molar-refractivity contribution in [1.29, 1.82) is 0 Å². The average Bonchev–Trinajstić information content (AvgIpc) is 3.05. The van der Waals surface area contributed by atoms with Gasteiger partial charge in [0.25, 0.3) is 5.91 Å². The van der Waals surface area contributed by atoms with E-state index >= 15 is 0 Å². The molecule has 34 heavy (non-hydrogen) atoms. The highest BCUT2D eigenvalue weighted by atomic mass is 32.2. The first-order valence-corrected chi connectivity index (χ1v) is 13.1. The third kappa shape index (κ3) is 6.27. The molecule has 0 aliphatic carbocycles. The average molecular weight is 531 g/mol. The van der Waals surface area contributed by atoms with Crippen molar-refractivity contribution in [3.05, 3.63) is 47.7 Å². The van der Waals surface area contributed by atoms with Crippen molar-refractivity contribution >= 4 is 26.9 Å². The second kappa shape index (κ2) is 9.82. The van der Waals surface area contributed by atoms with Crippen LogP contribution in [0.25, 0.3) is 11.3 Å². The first kappa shape index (κ1) is 26.4. The maximum absolute atomic E-state index is 12.9. The first-order valence-electron chi connectivity index (χ1n) is 9.91. The molecule has 0 atom stereocenters. The maximum atomic E-state index is 12.9. The Kier molecular flexibility index (Phi) is 7.63. The molecule has 1 amide bonds. The summed E-state index contributed by atoms with van der Waals surface area (Å²) in [7, 11) is -5.65. The lowest BCUT2D eigenvalue weighted by Gasteiger charge is -2.27. The molecule has 2 aromatic rings. The van der Waals surface area contributed by atoms with E-state index in [9.17, 15) is 31.1 Å². The van der Waals surface area contributed by atoms with Gasteiger partial charge in [0, 0.05) is 24.4 Å². The zero-order valence-electron chi connectivity index (χ0n) is 17.4. The second-order valence-electron chi connectivity index (χ2n) is 7.60. The van der Waals surface area contributed by atoms with E-state index in [-0.39, 0.29) is 23.5 Å². The Bertz CT molecular complexity index is 1120. The molecule has 3 saturated heterocycles. The third-order valence-electron chi connectivity index (χ3n) is 5.38. The van der Waals surface area contributed by atoms with Crippen molar-refractivity contribution in [2.24, 2.45) is 0 Å². The van der Waals surface area contributed by atoms with Gasteiger partial charge in [0.15, 0.2) is 15.9 Å². The highest BCUT2D eigenvalue weighted by Gasteiger charge is 2.39. The lowest BCUT2D eigenvalue weighted by Crippen LogP contribution is -2.41. The van der Waals surface area contributed by atoms with Crippen LogP contribution in [0.3, 0.4) is 0 Å². The molecule has 2 bridgehead atoms. The van der Waals surface area contributed by atoms with Crippen LogP contribution in [0, 0.1) is 0 Å². The van der Waals surface area contributed by atoms with Gasteiger partial charge in [0.1, 0.15) is 23.0 Å². The van der Waals surface area contributed by atoms with Crippen LogP contribution in [0.1, 0.15) is 29.0 Å². The van der Waals surface area contributed by atoms with Crippen LogP contribution in [0.4, 0.5) is 26.3 Å². The van der Waals surface area contributed by atoms with Crippen LogP contribution in [-0.4, -0.2) is 59.1 Å². The smallest absolute Gasteiger partial charge is 0.485 e. The largest absolute Gasteiger partial charge is 0.741 e. The summed E-state index contributed by atoms with van der Waals surface area (Å²) in [6, 6.07) is 8.36. The summed E-state index contributed by atoms with van der Waals surface area (Å²) in [5.74, 6) is 3.76. The van der Waals surface area contributed by atoms with Crippen LogP contribution >= 0.6 is 0 Å². The van der Waals surface area contributed by atoms with E-state index < -0.39 is 27.4 Å². The summed E-state index contributed by atoms with van der Waals surface area (Å²) >= 11 is 0. The second-order valence-corrected chi connectivity index (χ2v) is 11.4. The number of amides is 1. The normalized spacial score (nSPS) is 21.0. The SMILES string of the molecule is O=C(c1ccc(-c2cccc(C(F)(F)F)c2)o1)N1CC[S+]2CCC1CC2.O=S(=O)([O-])C(F)(F)F. The number of benzene rings is 1. The molecule has 4 heterocycles. The monoisotopic (exact) mass is 531 g/mol. The molecular formula is C20H19F6NO5S2. The number of carbonyl (C=O) groups excluding carboxylic acids is 1. The van der Waals surface area contributed by atoms with E-state index in [4.69, 9.17) is 17.4 Å². The number of carbonyl (C=O) groups is 1. The van der Waals surface area contributed by atoms with Gasteiger partial charge in [-0.2, -0.15) is 26.3 Å². The molecule has 0 saturated carbocycles. The van der Waals surface area contributed by atoms with Gasteiger partial charge in [-0.25, -0.2) is 8.42 Å². The van der Waals surface area contributed by atoms with E-state index in [0.717, 1.165) is 37.3 Å². The zero-order chi connectivity index (χ0) is 25.3. The van der Waals surface area contributed by atoms with Gasteiger partial charge >= 0.3 is 11.7 Å². The molecule has 0 unspecified atom stereocenters. The van der Waals surface area contributed by atoms with Crippen LogP contribution < -0.4 is 0 Å². The predicted octanol–water partition coefficient (Wildman–Crippen LogP) is 4.25. The summed E-state index contributed by atoms with van der Waals surface area (Å²) in [4.78, 5) is 14.8. The lowest BCUT2D eigenvalue weighted by molar-refractivity contribution is -0.137. The quantitative estimate of drug-likeness (QED) is 0.250. The fourth-order valence-corrected chi connectivity index (χ4v) is 5.92. The highest BCUT2D eigenvalue weighted by molar-refractivity contribution is 7.96. The molecule has 6 nitrogen and oxygen atoms in total. The van der Waals surface area contributed by atoms with Gasteiger partial charge in [0.05, 0.1) is 12.1 Å². The maximum Gasteiger partial charge on any atom is 0.485 e. The van der Waals surface area contributed by atoms with Gasteiger partial charge in [0.2, 0.25) is 0 Å². The van der Waals surface area contributed by atoms with Gasteiger partial charge in [-0.3, -0.25) is 4.79 Å². The zero-order valence-corrected chi connectivity index (χ0v) is 19.0. The number of furan rings is 1. The van der Waals surface area contributed by atoms with Crippen molar-refractivity contribution in [1.82, 2.24) is 4.90 Å². The molecule has 3 aliphatic heterocycles. The summed E-state index contributed by atoms with van der Waals surface area (Å²) in [6.07, 6.45) is -2.33. The van der Waals surface area contributed by atoms with Crippen molar-refractivity contribution in [3.63, 3.8) is 0 Å². The van der Waals surface area contributed by atoms with Crippen LogP contribution in [0.2, 0.25) is 0 Å². The van der Waals surface area contributed by atoms with Crippen molar-refractivity contribution in [3.8, 4) is 11.3 Å². The van der Waals surface area contributed by atoms with Gasteiger partial charge < -0.3 is 13.9 Å². The van der Waals surface area contributed by atoms with E-state index in [2.05, 4.69) is 0 Å². The standard InChI is InChI=1S/C19H19F3NO2S.CHF3O3S/c20-19(21,22)14-3-1-2-13(12-14)16-4-5-17(25-16)18(24)23-8-11-26-9-6-15(23)7-10-26;2-1(3,4)8(5,6)7/h1-5,12,15H,6-11H2;(H,5,6,7)/q+1;/p-1. The summed E-state index contributed by atoms with van der Waals surface area (Å²) in [5.41, 5.74) is -6.06. The van der Waals surface area contributed by atoms with E-state index in [1.54, 1.807) is 18.2 Å². The predicted molar refractivity (Wildman–Crippen MR) is 111 cm³/mol. The number of fused-ring (bicyclic) bond motifs is 4. The highest BCUT2D eigenvalue weighted by Crippen LogP contribution is 2.33. The fourth-order valence-electron chi connectivity index (χ4n) is 3.64. The number of halogens is 6. The Morgan fingerprint density at radius 3 is 2.21 bits per heavy atom. The summed E-state index contributed by atoms with van der Waals surface area (Å²) in [6.45, 7) is 0.742. The number of alkyl halides is 6. The molecule has 188 valence electrons. The first-order chi connectivity index (χ1) is 15.7. The lowest BCUT2D eigenvalue weighted by atomic mass is 10.1. The number of nitrogens with zero attached hydrogens (tertiary/aromatic N) is 1. The minimum Gasteiger partial charge on any atom is -0.741 e. The van der Waals surface area contributed by atoms with Crippen LogP contribution in [0.15, 0.2) is 40.8 Å². The van der Waals surface area contributed by atoms with Crippen LogP contribution in [0.5, 0.6) is 0 Å². The fraction of sp³-hybridized carbons (Fsp3) is 0.450. The molecule has 1 aromatic heterocycles. The third-order valence-corrected chi connectivity index (χ3v) is 8.33. The Labute approximate surface area is 194 Å². The number of hydrogen-bond acceptors (Lipinski definition) is 5. The van der Waals surface area contributed by atoms with Gasteiger partial charge in [-0.15, -0.1) is 0 Å². The molecule has 5 rings (SSSR count). The molecule has 3 fully saturated rings. The topological polar surface area (TPSA) is 90.7 Å². The van der Waals surface area contributed by atoms with Crippen molar-refractivity contribution < 1.29 is 48.5 Å². The summed E-state index contributed by atoms with van der Waals surface area (Å²) in [5, 5.41) is 0. The molecule has 1 aromatic carbocycles. The van der Waals surface area contributed by atoms with Crippen molar-refractivity contribution in [2.45, 2.75) is 30.6 Å². The Morgan fingerprint density at radius 1 is 1.03 bits per heavy atom. The van der Waals surface area contributed by atoms with Crippen LogP contribution in [-0.2, 0) is 27.2 Å². The molecule has 0 spiro atoms. The summed E-state index contributed by atoms with van der Waals surface area (Å²) < 4.78 is 103. The molecule has 3 aliphatic rings. The van der Waals surface area contributed by atoms with E-state index in [0.29, 0.717) is 16.5 Å². The van der Waals surface area contributed by atoms with Crippen molar-refractivity contribution in [2.75, 3.05) is 23.8 Å². The molecular weight excluding hydrogens is 512 g/mol. The Hall–Kier alpha value is -2.19. The molecule has 0 N–H and O–H groups in total. The van der Waals surface area contributed by atoms with E-state index in [1.807, 2.05) is 4.90 Å². The van der Waals surface area contributed by atoms with Gasteiger partial charge in [-0.05, 0) is 35.2 Å². The van der Waals surface area contributed by atoms with E-state index in [1.165, 1.54) is 17.6 Å². The molecule has 14 heteroatoms. The Balaban J connectivity index is 0.000000350. The number of hydrogen-bond donors (Lipinski definition) is 0. The Morgan fingerprint density at radius 2 is 1.65 bits per heavy atom. The van der Waals surface area contributed by atoms with Gasteiger partial charge in [-0.1, -0.05) is 12.1 Å². The minimum atomic E-state index is -6.09. The minimum absolute atomic E-state index is 0.152. The molecule has 0 radical (unpaired) electrons.